The molecule has 3 aromatic rings. The lowest BCUT2D eigenvalue weighted by atomic mass is 10.0. The van der Waals surface area contributed by atoms with Gasteiger partial charge in [-0.2, -0.15) is 11.3 Å². The first-order valence-electron chi connectivity index (χ1n) is 9.79. The Labute approximate surface area is 187 Å². The van der Waals surface area contributed by atoms with Crippen molar-refractivity contribution < 1.29 is 13.6 Å². The molecule has 0 bridgehead atoms. The van der Waals surface area contributed by atoms with E-state index in [1.54, 1.807) is 42.2 Å². The highest BCUT2D eigenvalue weighted by molar-refractivity contribution is 7.99. The summed E-state index contributed by atoms with van der Waals surface area (Å²) in [6, 6.07) is 15.4. The van der Waals surface area contributed by atoms with Gasteiger partial charge in [-0.25, -0.2) is 13.8 Å². The standard InChI is InChI=1S/C24H20F2N2OS2/c1-2-10-24(25,26)11-12-27-23(29)16-7-8-21-19(14-16)28-22(17-9-13-30-15-17)18-5-3-4-6-20(18)31-21/h2-10,13-15H,11-12H2,1H3,(H,27,29)/b10-2+. The van der Waals surface area contributed by atoms with Crippen LogP contribution in [0.1, 0.15) is 34.8 Å². The van der Waals surface area contributed by atoms with Gasteiger partial charge in [-0.1, -0.05) is 36.0 Å². The number of aliphatic imine (C=N–C) groups is 1. The van der Waals surface area contributed by atoms with Crippen molar-refractivity contribution in [1.29, 1.82) is 0 Å². The number of nitrogens with one attached hydrogen (secondary N) is 1. The molecule has 0 spiro atoms. The zero-order valence-corrected chi connectivity index (χ0v) is 18.4. The summed E-state index contributed by atoms with van der Waals surface area (Å²) in [6.45, 7) is 1.43. The summed E-state index contributed by atoms with van der Waals surface area (Å²) in [5.74, 6) is -3.32. The van der Waals surface area contributed by atoms with Crippen molar-refractivity contribution in [3.05, 3.63) is 88.1 Å². The van der Waals surface area contributed by atoms with Crippen LogP contribution in [0.2, 0.25) is 0 Å². The van der Waals surface area contributed by atoms with Crippen LogP contribution in [-0.4, -0.2) is 24.1 Å². The minimum atomic E-state index is -2.93. The molecule has 1 amide bonds. The van der Waals surface area contributed by atoms with Gasteiger partial charge in [0.05, 0.1) is 11.4 Å². The smallest absolute Gasteiger partial charge is 0.268 e. The highest BCUT2D eigenvalue weighted by Crippen LogP contribution is 2.41. The van der Waals surface area contributed by atoms with Crippen LogP contribution in [-0.2, 0) is 0 Å². The van der Waals surface area contributed by atoms with E-state index in [1.807, 2.05) is 41.1 Å². The van der Waals surface area contributed by atoms with Crippen LogP contribution in [0, 0.1) is 0 Å². The van der Waals surface area contributed by atoms with E-state index >= 15 is 0 Å². The van der Waals surface area contributed by atoms with E-state index in [9.17, 15) is 13.6 Å². The SMILES string of the molecule is C/C=C/C(F)(F)CCNC(=O)c1ccc2c(c1)N=C(c1ccsc1)c1ccccc1S2. The molecule has 2 aromatic carbocycles. The molecule has 0 atom stereocenters. The molecule has 0 saturated heterocycles. The molecule has 0 radical (unpaired) electrons. The summed E-state index contributed by atoms with van der Waals surface area (Å²) in [5.41, 5.74) is 4.00. The fourth-order valence-corrected chi connectivity index (χ4v) is 4.92. The van der Waals surface area contributed by atoms with Crippen LogP contribution in [0.25, 0.3) is 0 Å². The second-order valence-electron chi connectivity index (χ2n) is 7.02. The average Bonchev–Trinajstić information content (AvgIpc) is 3.22. The van der Waals surface area contributed by atoms with Crippen LogP contribution in [0.5, 0.6) is 0 Å². The van der Waals surface area contributed by atoms with E-state index in [4.69, 9.17) is 4.99 Å². The lowest BCUT2D eigenvalue weighted by Crippen LogP contribution is -2.28. The molecule has 158 valence electrons. The van der Waals surface area contributed by atoms with Crippen LogP contribution < -0.4 is 5.32 Å². The molecule has 3 nitrogen and oxygen atoms in total. The number of carbonyl (C=O) groups excluding carboxylic acids is 1. The van der Waals surface area contributed by atoms with Crippen molar-refractivity contribution in [2.75, 3.05) is 6.54 Å². The Balaban J connectivity index is 1.62. The number of nitrogens with zero attached hydrogens (tertiary/aromatic N) is 1. The molecule has 31 heavy (non-hydrogen) atoms. The summed E-state index contributed by atoms with van der Waals surface area (Å²) in [4.78, 5) is 19.5. The first-order valence-corrected chi connectivity index (χ1v) is 11.6. The Morgan fingerprint density at radius 1 is 1.16 bits per heavy atom. The third kappa shape index (κ3) is 4.94. The van der Waals surface area contributed by atoms with Crippen molar-refractivity contribution in [3.8, 4) is 0 Å². The normalized spacial score (nSPS) is 13.3. The number of halogens is 2. The van der Waals surface area contributed by atoms with Crippen LogP contribution >= 0.6 is 23.1 Å². The lowest BCUT2D eigenvalue weighted by Gasteiger charge is -2.12. The van der Waals surface area contributed by atoms with E-state index in [0.29, 0.717) is 11.3 Å². The fourth-order valence-electron chi connectivity index (χ4n) is 3.27. The van der Waals surface area contributed by atoms with E-state index < -0.39 is 18.3 Å². The summed E-state index contributed by atoms with van der Waals surface area (Å²) in [7, 11) is 0. The number of hydrogen-bond acceptors (Lipinski definition) is 4. The number of benzene rings is 2. The van der Waals surface area contributed by atoms with Gasteiger partial charge in [0.25, 0.3) is 11.8 Å². The second kappa shape index (κ2) is 9.16. The lowest BCUT2D eigenvalue weighted by molar-refractivity contribution is 0.0455. The Kier molecular flexibility index (Phi) is 6.34. The van der Waals surface area contributed by atoms with Crippen molar-refractivity contribution in [2.45, 2.75) is 29.1 Å². The highest BCUT2D eigenvalue weighted by Gasteiger charge is 2.24. The van der Waals surface area contributed by atoms with Gasteiger partial charge in [0, 0.05) is 44.8 Å². The highest BCUT2D eigenvalue weighted by atomic mass is 32.2. The molecule has 1 aliphatic rings. The quantitative estimate of drug-likeness (QED) is 0.329. The predicted octanol–water partition coefficient (Wildman–Crippen LogP) is 6.71. The molecule has 1 N–H and O–H groups in total. The van der Waals surface area contributed by atoms with E-state index in [2.05, 4.69) is 11.4 Å². The zero-order chi connectivity index (χ0) is 21.8. The van der Waals surface area contributed by atoms with Gasteiger partial charge in [0.15, 0.2) is 0 Å². The zero-order valence-electron chi connectivity index (χ0n) is 16.8. The molecule has 7 heteroatoms. The van der Waals surface area contributed by atoms with Gasteiger partial charge in [-0.05, 0) is 48.7 Å². The molecule has 1 aromatic heterocycles. The third-order valence-corrected chi connectivity index (χ3v) is 6.59. The Morgan fingerprint density at radius 3 is 2.77 bits per heavy atom. The Morgan fingerprint density at radius 2 is 2.00 bits per heavy atom. The maximum atomic E-state index is 13.6. The van der Waals surface area contributed by atoms with E-state index in [-0.39, 0.29) is 6.54 Å². The Bertz CT molecular complexity index is 1150. The molecule has 0 fully saturated rings. The van der Waals surface area contributed by atoms with E-state index in [0.717, 1.165) is 32.7 Å². The summed E-state index contributed by atoms with van der Waals surface area (Å²) in [6.07, 6.45) is 1.71. The second-order valence-corrected chi connectivity index (χ2v) is 8.88. The largest absolute Gasteiger partial charge is 0.352 e. The first kappa shape index (κ1) is 21.5. The van der Waals surface area contributed by atoms with E-state index in [1.165, 1.54) is 6.08 Å². The molecular formula is C24H20F2N2OS2. The number of allylic oxidation sites excluding steroid dienone is 2. The minimum Gasteiger partial charge on any atom is -0.352 e. The third-order valence-electron chi connectivity index (χ3n) is 4.76. The number of alkyl halides is 2. The molecular weight excluding hydrogens is 434 g/mol. The van der Waals surface area contributed by atoms with Gasteiger partial charge in [0.1, 0.15) is 0 Å². The number of rotatable bonds is 6. The summed E-state index contributed by atoms with van der Waals surface area (Å²) < 4.78 is 27.2. The van der Waals surface area contributed by atoms with Crippen LogP contribution in [0.15, 0.2) is 86.2 Å². The Hall–Kier alpha value is -2.77. The molecule has 1 aliphatic heterocycles. The number of carbonyl (C=O) groups is 1. The first-order chi connectivity index (χ1) is 15.0. The maximum Gasteiger partial charge on any atom is 0.268 e. The molecule has 2 heterocycles. The molecule has 0 aliphatic carbocycles. The average molecular weight is 455 g/mol. The van der Waals surface area contributed by atoms with Crippen molar-refractivity contribution in [3.63, 3.8) is 0 Å². The van der Waals surface area contributed by atoms with Gasteiger partial charge in [0.2, 0.25) is 0 Å². The number of fused-ring (bicyclic) bond motifs is 2. The summed E-state index contributed by atoms with van der Waals surface area (Å²) >= 11 is 3.20. The number of hydrogen-bond donors (Lipinski definition) is 1. The van der Waals surface area contributed by atoms with Gasteiger partial charge < -0.3 is 5.32 Å². The van der Waals surface area contributed by atoms with Crippen LogP contribution in [0.3, 0.4) is 0 Å². The fraction of sp³-hybridized carbons (Fsp3) is 0.167. The van der Waals surface area contributed by atoms with Gasteiger partial charge in [-0.3, -0.25) is 4.79 Å². The molecule has 4 rings (SSSR count). The van der Waals surface area contributed by atoms with Crippen molar-refractivity contribution in [1.82, 2.24) is 5.32 Å². The minimum absolute atomic E-state index is 0.114. The number of amides is 1. The monoisotopic (exact) mass is 454 g/mol. The predicted molar refractivity (Wildman–Crippen MR) is 123 cm³/mol. The van der Waals surface area contributed by atoms with Gasteiger partial charge in [-0.15, -0.1) is 0 Å². The van der Waals surface area contributed by atoms with Crippen molar-refractivity contribution in [2.24, 2.45) is 4.99 Å². The van der Waals surface area contributed by atoms with Gasteiger partial charge >= 0.3 is 0 Å². The maximum absolute atomic E-state index is 13.6. The summed E-state index contributed by atoms with van der Waals surface area (Å²) in [5, 5.41) is 6.64. The molecule has 0 unspecified atom stereocenters. The van der Waals surface area contributed by atoms with Crippen molar-refractivity contribution >= 4 is 40.4 Å². The topological polar surface area (TPSA) is 41.5 Å². The molecule has 0 saturated carbocycles. The van der Waals surface area contributed by atoms with Crippen LogP contribution in [0.4, 0.5) is 14.5 Å². The number of thiophene rings is 1.